The molecule has 1 aliphatic rings. The number of aromatic nitrogens is 2. The van der Waals surface area contributed by atoms with E-state index in [1.165, 1.54) is 10.7 Å². The Hall–Kier alpha value is -1.85. The fraction of sp³-hybridized carbons (Fsp3) is 0.545. The van der Waals surface area contributed by atoms with Gasteiger partial charge < -0.3 is 10.0 Å². The molecule has 0 aliphatic carbocycles. The van der Waals surface area contributed by atoms with E-state index < -0.39 is 5.97 Å². The minimum Gasteiger partial charge on any atom is -0.476 e. The zero-order valence-electron chi connectivity index (χ0n) is 9.72. The third kappa shape index (κ3) is 2.15. The zero-order chi connectivity index (χ0) is 12.4. The first-order valence-corrected chi connectivity index (χ1v) is 5.74. The molecule has 0 radical (unpaired) electrons. The number of rotatable bonds is 4. The average molecular weight is 237 g/mol. The van der Waals surface area contributed by atoms with Crippen LogP contribution in [0.1, 0.15) is 40.7 Å². The van der Waals surface area contributed by atoms with E-state index in [-0.39, 0.29) is 11.6 Å². The van der Waals surface area contributed by atoms with Crippen molar-refractivity contribution in [2.75, 3.05) is 13.1 Å². The fourth-order valence-electron chi connectivity index (χ4n) is 1.91. The molecule has 6 nitrogen and oxygen atoms in total. The topological polar surface area (TPSA) is 75.4 Å². The summed E-state index contributed by atoms with van der Waals surface area (Å²) in [7, 11) is 0. The SMILES string of the molecule is CCCCN1CCn2nc(C(=O)O)cc2C1=O. The van der Waals surface area contributed by atoms with E-state index in [2.05, 4.69) is 12.0 Å². The van der Waals surface area contributed by atoms with E-state index in [0.29, 0.717) is 18.8 Å². The summed E-state index contributed by atoms with van der Waals surface area (Å²) in [5.74, 6) is -1.22. The van der Waals surface area contributed by atoms with Crippen molar-refractivity contribution in [3.05, 3.63) is 17.5 Å². The van der Waals surface area contributed by atoms with Crippen molar-refractivity contribution in [3.8, 4) is 0 Å². The fourth-order valence-corrected chi connectivity index (χ4v) is 1.91. The number of carbonyl (C=O) groups is 2. The summed E-state index contributed by atoms with van der Waals surface area (Å²) in [5, 5.41) is 12.7. The molecule has 92 valence electrons. The van der Waals surface area contributed by atoms with Crippen molar-refractivity contribution in [2.24, 2.45) is 0 Å². The number of nitrogens with zero attached hydrogens (tertiary/aromatic N) is 3. The summed E-state index contributed by atoms with van der Waals surface area (Å²) in [6, 6.07) is 1.35. The van der Waals surface area contributed by atoms with Crippen LogP contribution in [-0.2, 0) is 6.54 Å². The molecule has 1 aromatic rings. The lowest BCUT2D eigenvalue weighted by Crippen LogP contribution is -2.40. The van der Waals surface area contributed by atoms with Crippen LogP contribution in [0.15, 0.2) is 6.07 Å². The van der Waals surface area contributed by atoms with Crippen molar-refractivity contribution < 1.29 is 14.7 Å². The summed E-state index contributed by atoms with van der Waals surface area (Å²) in [6.45, 7) is 3.97. The van der Waals surface area contributed by atoms with Gasteiger partial charge in [-0.15, -0.1) is 0 Å². The van der Waals surface area contributed by atoms with Crippen molar-refractivity contribution in [2.45, 2.75) is 26.3 Å². The Bertz CT molecular complexity index is 453. The van der Waals surface area contributed by atoms with Gasteiger partial charge in [0.1, 0.15) is 5.69 Å². The molecule has 17 heavy (non-hydrogen) atoms. The number of carbonyl (C=O) groups excluding carboxylic acids is 1. The van der Waals surface area contributed by atoms with Gasteiger partial charge in [0.05, 0.1) is 6.54 Å². The highest BCUT2D eigenvalue weighted by atomic mass is 16.4. The van der Waals surface area contributed by atoms with Gasteiger partial charge in [0, 0.05) is 19.2 Å². The van der Waals surface area contributed by atoms with E-state index in [9.17, 15) is 9.59 Å². The molecule has 0 saturated carbocycles. The molecule has 0 spiro atoms. The van der Waals surface area contributed by atoms with Crippen LogP contribution in [0.3, 0.4) is 0 Å². The Labute approximate surface area is 98.8 Å². The lowest BCUT2D eigenvalue weighted by molar-refractivity contribution is 0.0676. The second-order valence-corrected chi connectivity index (χ2v) is 4.09. The molecule has 1 N–H and O–H groups in total. The normalized spacial score (nSPS) is 14.9. The molecule has 1 aromatic heterocycles. The van der Waals surface area contributed by atoms with Crippen molar-refractivity contribution in [1.29, 1.82) is 0 Å². The van der Waals surface area contributed by atoms with E-state index in [0.717, 1.165) is 19.4 Å². The van der Waals surface area contributed by atoms with E-state index >= 15 is 0 Å². The van der Waals surface area contributed by atoms with Crippen molar-refractivity contribution in [3.63, 3.8) is 0 Å². The highest BCUT2D eigenvalue weighted by Gasteiger charge is 2.27. The van der Waals surface area contributed by atoms with Crippen LogP contribution in [0.4, 0.5) is 0 Å². The molecule has 0 atom stereocenters. The zero-order valence-corrected chi connectivity index (χ0v) is 9.72. The smallest absolute Gasteiger partial charge is 0.356 e. The van der Waals surface area contributed by atoms with Gasteiger partial charge >= 0.3 is 5.97 Å². The first-order valence-electron chi connectivity index (χ1n) is 5.74. The monoisotopic (exact) mass is 237 g/mol. The standard InChI is InChI=1S/C11H15N3O3/c1-2-3-4-13-5-6-14-9(10(13)15)7-8(12-14)11(16)17/h7H,2-6H2,1H3,(H,16,17). The highest BCUT2D eigenvalue weighted by molar-refractivity contribution is 5.96. The van der Waals surface area contributed by atoms with Crippen LogP contribution < -0.4 is 0 Å². The maximum atomic E-state index is 12.0. The van der Waals surface area contributed by atoms with Gasteiger partial charge in [0.25, 0.3) is 5.91 Å². The minimum atomic E-state index is -1.10. The quantitative estimate of drug-likeness (QED) is 0.841. The van der Waals surface area contributed by atoms with Gasteiger partial charge in [-0.1, -0.05) is 13.3 Å². The number of hydrogen-bond acceptors (Lipinski definition) is 3. The van der Waals surface area contributed by atoms with Crippen LogP contribution in [0.5, 0.6) is 0 Å². The third-order valence-corrected chi connectivity index (χ3v) is 2.87. The molecular weight excluding hydrogens is 222 g/mol. The largest absolute Gasteiger partial charge is 0.476 e. The molecule has 6 heteroatoms. The van der Waals surface area contributed by atoms with Gasteiger partial charge in [-0.3, -0.25) is 9.48 Å². The minimum absolute atomic E-state index is 0.0642. The number of aromatic carboxylic acids is 1. The van der Waals surface area contributed by atoms with Gasteiger partial charge in [-0.2, -0.15) is 5.10 Å². The summed E-state index contributed by atoms with van der Waals surface area (Å²) in [4.78, 5) is 24.6. The summed E-state index contributed by atoms with van der Waals surface area (Å²) < 4.78 is 1.48. The van der Waals surface area contributed by atoms with Crippen LogP contribution >= 0.6 is 0 Å². The first kappa shape index (κ1) is 11.6. The van der Waals surface area contributed by atoms with Crippen LogP contribution in [0.25, 0.3) is 0 Å². The van der Waals surface area contributed by atoms with Gasteiger partial charge in [-0.25, -0.2) is 4.79 Å². The van der Waals surface area contributed by atoms with Crippen molar-refractivity contribution in [1.82, 2.24) is 14.7 Å². The average Bonchev–Trinajstić information content (AvgIpc) is 2.73. The van der Waals surface area contributed by atoms with Crippen LogP contribution in [-0.4, -0.2) is 44.8 Å². The second-order valence-electron chi connectivity index (χ2n) is 4.09. The predicted molar refractivity (Wildman–Crippen MR) is 60.0 cm³/mol. The lowest BCUT2D eigenvalue weighted by atomic mass is 10.2. The molecule has 0 aromatic carbocycles. The third-order valence-electron chi connectivity index (χ3n) is 2.87. The molecule has 0 unspecified atom stereocenters. The molecule has 0 saturated heterocycles. The Morgan fingerprint density at radius 3 is 2.94 bits per heavy atom. The lowest BCUT2D eigenvalue weighted by Gasteiger charge is -2.27. The predicted octanol–water partition coefficient (Wildman–Crippen LogP) is 0.837. The molecule has 2 heterocycles. The molecule has 2 rings (SSSR count). The Kier molecular flexibility index (Phi) is 3.12. The maximum absolute atomic E-state index is 12.0. The Morgan fingerprint density at radius 1 is 1.53 bits per heavy atom. The Balaban J connectivity index is 2.20. The number of hydrogen-bond donors (Lipinski definition) is 1. The van der Waals surface area contributed by atoms with E-state index in [1.807, 2.05) is 0 Å². The molecule has 1 aliphatic heterocycles. The molecular formula is C11H15N3O3. The van der Waals surface area contributed by atoms with E-state index in [4.69, 9.17) is 5.11 Å². The summed E-state index contributed by atoms with van der Waals surface area (Å²) in [5.41, 5.74) is 0.315. The summed E-state index contributed by atoms with van der Waals surface area (Å²) >= 11 is 0. The maximum Gasteiger partial charge on any atom is 0.356 e. The van der Waals surface area contributed by atoms with Crippen LogP contribution in [0, 0.1) is 0 Å². The van der Waals surface area contributed by atoms with E-state index in [1.54, 1.807) is 4.90 Å². The summed E-state index contributed by atoms with van der Waals surface area (Å²) in [6.07, 6.45) is 2.00. The number of carboxylic acids is 1. The second kappa shape index (κ2) is 4.57. The highest BCUT2D eigenvalue weighted by Crippen LogP contribution is 2.14. The van der Waals surface area contributed by atoms with Crippen molar-refractivity contribution >= 4 is 11.9 Å². The number of carboxylic acid groups (broad SMARTS) is 1. The molecule has 0 fully saturated rings. The Morgan fingerprint density at radius 2 is 2.29 bits per heavy atom. The molecule has 1 amide bonds. The first-order chi connectivity index (χ1) is 8.13. The van der Waals surface area contributed by atoms with Gasteiger partial charge in [-0.05, 0) is 6.42 Å². The van der Waals surface area contributed by atoms with Crippen LogP contribution in [0.2, 0.25) is 0 Å². The van der Waals surface area contributed by atoms with Gasteiger partial charge in [0.15, 0.2) is 5.69 Å². The number of amides is 1. The number of unbranched alkanes of at least 4 members (excludes halogenated alkanes) is 1. The number of fused-ring (bicyclic) bond motifs is 1. The molecule has 0 bridgehead atoms. The van der Waals surface area contributed by atoms with Gasteiger partial charge in [0.2, 0.25) is 0 Å².